The maximum atomic E-state index is 12.9. The van der Waals surface area contributed by atoms with E-state index >= 15 is 0 Å². The maximum absolute atomic E-state index is 12.9. The minimum absolute atomic E-state index is 0.0180. The molecule has 1 amide bonds. The van der Waals surface area contributed by atoms with Crippen molar-refractivity contribution in [2.24, 2.45) is 0 Å². The van der Waals surface area contributed by atoms with E-state index in [2.05, 4.69) is 6.58 Å². The molecule has 1 fully saturated rings. The fourth-order valence-electron chi connectivity index (χ4n) is 2.64. The molecule has 0 saturated carbocycles. The number of halogens is 1. The molecule has 1 aliphatic heterocycles. The van der Waals surface area contributed by atoms with Gasteiger partial charge in [0.05, 0.1) is 32.7 Å². The van der Waals surface area contributed by atoms with Crippen LogP contribution in [0.25, 0.3) is 0 Å². The largest absolute Gasteiger partial charge is 0.481 e. The molecule has 1 N–H and O–H groups in total. The zero-order valence-corrected chi connectivity index (χ0v) is 13.1. The van der Waals surface area contributed by atoms with Crippen molar-refractivity contribution in [1.82, 2.24) is 4.90 Å². The first kappa shape index (κ1) is 16.5. The second-order valence-electron chi connectivity index (χ2n) is 5.54. The Hall–Kier alpha value is -1.88. The predicted molar refractivity (Wildman–Crippen MR) is 83.4 cm³/mol. The standard InChI is InChI=1S/C17H23FN2O2/c1-3-9-19-10-12-20(13-11-19)17(21)16(4-2)22-15-7-5-14(18)6-8-15/h3,5-8,16H,1,4,9-13H2,2H3/p+1/t16-/m0/s1. The Kier molecular flexibility index (Phi) is 5.95. The van der Waals surface area contributed by atoms with Gasteiger partial charge in [0, 0.05) is 0 Å². The molecule has 4 nitrogen and oxygen atoms in total. The number of ether oxygens (including phenoxy) is 1. The van der Waals surface area contributed by atoms with Crippen LogP contribution in [-0.2, 0) is 4.79 Å². The summed E-state index contributed by atoms with van der Waals surface area (Å²) < 4.78 is 18.6. The Balaban J connectivity index is 1.91. The van der Waals surface area contributed by atoms with Gasteiger partial charge >= 0.3 is 0 Å². The molecule has 0 radical (unpaired) electrons. The molecule has 1 aromatic carbocycles. The summed E-state index contributed by atoms with van der Waals surface area (Å²) in [5, 5.41) is 0. The summed E-state index contributed by atoms with van der Waals surface area (Å²) in [4.78, 5) is 15.9. The molecule has 22 heavy (non-hydrogen) atoms. The van der Waals surface area contributed by atoms with Crippen molar-refractivity contribution in [1.29, 1.82) is 0 Å². The molecule has 2 rings (SSSR count). The van der Waals surface area contributed by atoms with E-state index in [-0.39, 0.29) is 11.7 Å². The highest BCUT2D eigenvalue weighted by Crippen LogP contribution is 2.15. The van der Waals surface area contributed by atoms with Crippen molar-refractivity contribution in [3.63, 3.8) is 0 Å². The first-order valence-electron chi connectivity index (χ1n) is 7.79. The number of nitrogens with zero attached hydrogens (tertiary/aromatic N) is 1. The molecule has 0 aliphatic carbocycles. The lowest BCUT2D eigenvalue weighted by Crippen LogP contribution is -3.14. The van der Waals surface area contributed by atoms with E-state index in [1.807, 2.05) is 17.9 Å². The van der Waals surface area contributed by atoms with E-state index in [1.54, 1.807) is 12.1 Å². The first-order valence-corrected chi connectivity index (χ1v) is 7.79. The molecule has 1 saturated heterocycles. The summed E-state index contributed by atoms with van der Waals surface area (Å²) in [7, 11) is 0. The van der Waals surface area contributed by atoms with Gasteiger partial charge in [-0.15, -0.1) is 0 Å². The van der Waals surface area contributed by atoms with E-state index in [9.17, 15) is 9.18 Å². The van der Waals surface area contributed by atoms with Gasteiger partial charge in [0.1, 0.15) is 11.6 Å². The summed E-state index contributed by atoms with van der Waals surface area (Å²) >= 11 is 0. The quantitative estimate of drug-likeness (QED) is 0.792. The first-order chi connectivity index (χ1) is 10.6. The van der Waals surface area contributed by atoms with Crippen LogP contribution in [0.15, 0.2) is 36.9 Å². The van der Waals surface area contributed by atoms with Crippen molar-refractivity contribution in [3.8, 4) is 5.75 Å². The number of carbonyl (C=O) groups excluding carboxylic acids is 1. The monoisotopic (exact) mass is 307 g/mol. The highest BCUT2D eigenvalue weighted by molar-refractivity contribution is 5.81. The molecule has 120 valence electrons. The van der Waals surface area contributed by atoms with E-state index in [4.69, 9.17) is 4.74 Å². The third-order valence-electron chi connectivity index (χ3n) is 3.95. The van der Waals surface area contributed by atoms with Crippen molar-refractivity contribution in [3.05, 3.63) is 42.7 Å². The van der Waals surface area contributed by atoms with Gasteiger partial charge in [-0.05, 0) is 36.8 Å². The molecule has 1 aromatic rings. The molecule has 0 aromatic heterocycles. The Labute approximate surface area is 131 Å². The van der Waals surface area contributed by atoms with Crippen molar-refractivity contribution in [2.75, 3.05) is 32.7 Å². The van der Waals surface area contributed by atoms with Gasteiger partial charge in [-0.3, -0.25) is 4.79 Å². The smallest absolute Gasteiger partial charge is 0.264 e. The van der Waals surface area contributed by atoms with Gasteiger partial charge in [0.15, 0.2) is 6.10 Å². The third-order valence-corrected chi connectivity index (χ3v) is 3.95. The number of carbonyl (C=O) groups is 1. The SMILES string of the molecule is C=CC[NH+]1CCN(C(=O)[C@H](CC)Oc2ccc(F)cc2)CC1. The number of rotatable bonds is 6. The van der Waals surface area contributed by atoms with Crippen LogP contribution in [0.5, 0.6) is 5.75 Å². The van der Waals surface area contributed by atoms with Gasteiger partial charge in [-0.25, -0.2) is 4.39 Å². The molecule has 5 heteroatoms. The van der Waals surface area contributed by atoms with Crippen LogP contribution in [0.1, 0.15) is 13.3 Å². The maximum Gasteiger partial charge on any atom is 0.264 e. The van der Waals surface area contributed by atoms with Gasteiger partial charge in [-0.1, -0.05) is 13.5 Å². The zero-order valence-electron chi connectivity index (χ0n) is 13.1. The normalized spacial score (nSPS) is 17.1. The molecule has 1 heterocycles. The van der Waals surface area contributed by atoms with E-state index < -0.39 is 6.10 Å². The van der Waals surface area contributed by atoms with Crippen LogP contribution in [-0.4, -0.2) is 49.6 Å². The lowest BCUT2D eigenvalue weighted by molar-refractivity contribution is -0.898. The second-order valence-corrected chi connectivity index (χ2v) is 5.54. The van der Waals surface area contributed by atoms with Crippen molar-refractivity contribution in [2.45, 2.75) is 19.4 Å². The van der Waals surface area contributed by atoms with Gasteiger partial charge in [-0.2, -0.15) is 0 Å². The average molecular weight is 307 g/mol. The predicted octanol–water partition coefficient (Wildman–Crippen LogP) is 0.896. The fourth-order valence-corrected chi connectivity index (χ4v) is 2.64. The fraction of sp³-hybridized carbons (Fsp3) is 0.471. The van der Waals surface area contributed by atoms with Crippen molar-refractivity contribution < 1.29 is 18.8 Å². The average Bonchev–Trinajstić information content (AvgIpc) is 2.55. The van der Waals surface area contributed by atoms with Crippen LogP contribution in [0.3, 0.4) is 0 Å². The molecular weight excluding hydrogens is 283 g/mol. The summed E-state index contributed by atoms with van der Waals surface area (Å²) in [6, 6.07) is 5.78. The lowest BCUT2D eigenvalue weighted by atomic mass is 10.2. The summed E-state index contributed by atoms with van der Waals surface area (Å²) in [5.74, 6) is 0.232. The Morgan fingerprint density at radius 2 is 2.05 bits per heavy atom. The van der Waals surface area contributed by atoms with Crippen LogP contribution < -0.4 is 9.64 Å². The third kappa shape index (κ3) is 4.31. The molecule has 1 aliphatic rings. The molecule has 1 atom stereocenters. The molecule has 0 unspecified atom stereocenters. The van der Waals surface area contributed by atoms with Crippen molar-refractivity contribution >= 4 is 5.91 Å². The number of hydrogen-bond donors (Lipinski definition) is 1. The number of nitrogens with one attached hydrogen (secondary N) is 1. The summed E-state index contributed by atoms with van der Waals surface area (Å²) in [5.41, 5.74) is 0. The van der Waals surface area contributed by atoms with Crippen LogP contribution in [0.4, 0.5) is 4.39 Å². The molecule has 0 bridgehead atoms. The number of benzene rings is 1. The van der Waals surface area contributed by atoms with E-state index in [1.165, 1.54) is 17.0 Å². The topological polar surface area (TPSA) is 34.0 Å². The number of quaternary nitrogens is 1. The Morgan fingerprint density at radius 3 is 2.59 bits per heavy atom. The van der Waals surface area contributed by atoms with E-state index in [0.29, 0.717) is 12.2 Å². The van der Waals surface area contributed by atoms with Gasteiger partial charge < -0.3 is 14.5 Å². The lowest BCUT2D eigenvalue weighted by Gasteiger charge is -2.33. The minimum atomic E-state index is -0.508. The van der Waals surface area contributed by atoms with Gasteiger partial charge in [0.25, 0.3) is 5.91 Å². The minimum Gasteiger partial charge on any atom is -0.481 e. The Bertz CT molecular complexity index is 496. The van der Waals surface area contributed by atoms with Crippen LogP contribution in [0, 0.1) is 5.82 Å². The summed E-state index contributed by atoms with van der Waals surface area (Å²) in [6.07, 6.45) is 2.00. The Morgan fingerprint density at radius 1 is 1.41 bits per heavy atom. The van der Waals surface area contributed by atoms with Crippen LogP contribution >= 0.6 is 0 Å². The molecule has 0 spiro atoms. The highest BCUT2D eigenvalue weighted by atomic mass is 19.1. The second kappa shape index (κ2) is 7.94. The van der Waals surface area contributed by atoms with E-state index in [0.717, 1.165) is 32.7 Å². The molecular formula is C17H24FN2O2+. The number of piperazine rings is 1. The van der Waals surface area contributed by atoms with Crippen LogP contribution in [0.2, 0.25) is 0 Å². The van der Waals surface area contributed by atoms with Gasteiger partial charge in [0.2, 0.25) is 0 Å². The number of hydrogen-bond acceptors (Lipinski definition) is 2. The summed E-state index contributed by atoms with van der Waals surface area (Å²) in [6.45, 7) is 9.97. The highest BCUT2D eigenvalue weighted by Gasteiger charge is 2.29. The number of amides is 1. The zero-order chi connectivity index (χ0) is 15.9.